The highest BCUT2D eigenvalue weighted by molar-refractivity contribution is 5.85. The fraction of sp³-hybridized carbons (Fsp3) is 0.273. The van der Waals surface area contributed by atoms with Gasteiger partial charge >= 0.3 is 5.97 Å². The summed E-state index contributed by atoms with van der Waals surface area (Å²) >= 11 is 0. The van der Waals surface area contributed by atoms with Crippen LogP contribution in [0.4, 0.5) is 0 Å². The minimum absolute atomic E-state index is 0.0588. The lowest BCUT2D eigenvalue weighted by atomic mass is 10.3. The molecule has 2 aromatic rings. The van der Waals surface area contributed by atoms with Crippen LogP contribution in [0.1, 0.15) is 23.2 Å². The van der Waals surface area contributed by atoms with Gasteiger partial charge in [-0.25, -0.2) is 9.78 Å². The van der Waals surface area contributed by atoms with E-state index in [0.29, 0.717) is 6.54 Å². The first-order valence-electron chi connectivity index (χ1n) is 5.14. The summed E-state index contributed by atoms with van der Waals surface area (Å²) in [7, 11) is 0. The van der Waals surface area contributed by atoms with Crippen LogP contribution in [-0.4, -0.2) is 27.0 Å². The summed E-state index contributed by atoms with van der Waals surface area (Å²) in [6.45, 7) is 3.40. The minimum Gasteiger partial charge on any atom is -0.475 e. The number of pyridine rings is 1. The number of nitrogens with one attached hydrogen (secondary N) is 1. The molecule has 2 rings (SSSR count). The van der Waals surface area contributed by atoms with Crippen LogP contribution < -0.4 is 5.32 Å². The van der Waals surface area contributed by atoms with E-state index in [-0.39, 0.29) is 5.82 Å². The Morgan fingerprint density at radius 3 is 3.06 bits per heavy atom. The van der Waals surface area contributed by atoms with Gasteiger partial charge in [0, 0.05) is 12.7 Å². The van der Waals surface area contributed by atoms with E-state index in [9.17, 15) is 4.79 Å². The van der Waals surface area contributed by atoms with Crippen LogP contribution >= 0.6 is 0 Å². The Morgan fingerprint density at radius 2 is 2.38 bits per heavy atom. The van der Waals surface area contributed by atoms with Gasteiger partial charge in [0.1, 0.15) is 0 Å². The highest BCUT2D eigenvalue weighted by atomic mass is 16.4. The molecule has 2 aromatic heterocycles. The Morgan fingerprint density at radius 1 is 1.56 bits per heavy atom. The van der Waals surface area contributed by atoms with Gasteiger partial charge in [0.2, 0.25) is 5.82 Å². The van der Waals surface area contributed by atoms with Gasteiger partial charge in [-0.15, -0.1) is 0 Å². The molecule has 0 aliphatic heterocycles. The molecular weight excluding hydrogens is 206 g/mol. The van der Waals surface area contributed by atoms with Crippen molar-refractivity contribution in [3.8, 4) is 0 Å². The molecule has 5 heteroatoms. The molecule has 0 radical (unpaired) electrons. The average molecular weight is 219 g/mol. The second kappa shape index (κ2) is 4.32. The Kier molecular flexibility index (Phi) is 2.87. The Balaban J connectivity index is 2.53. The number of imidazole rings is 1. The van der Waals surface area contributed by atoms with Crippen molar-refractivity contribution < 1.29 is 9.90 Å². The quantitative estimate of drug-likeness (QED) is 0.809. The van der Waals surface area contributed by atoms with E-state index in [1.807, 2.05) is 19.1 Å². The molecular formula is C11H13N3O2. The number of nitrogens with zero attached hydrogens (tertiary/aromatic N) is 2. The number of hydrogen-bond acceptors (Lipinski definition) is 3. The van der Waals surface area contributed by atoms with Crippen molar-refractivity contribution in [2.45, 2.75) is 13.5 Å². The third kappa shape index (κ3) is 1.77. The van der Waals surface area contributed by atoms with Crippen LogP contribution in [0, 0.1) is 0 Å². The van der Waals surface area contributed by atoms with E-state index in [4.69, 9.17) is 5.11 Å². The van der Waals surface area contributed by atoms with E-state index in [1.165, 1.54) is 0 Å². The van der Waals surface area contributed by atoms with Crippen molar-refractivity contribution >= 4 is 11.5 Å². The molecule has 0 saturated carbocycles. The SMILES string of the molecule is CCNCc1nc(C(=O)O)n2ccccc12. The summed E-state index contributed by atoms with van der Waals surface area (Å²) < 4.78 is 1.59. The first-order chi connectivity index (χ1) is 7.74. The molecule has 0 spiro atoms. The molecule has 2 heterocycles. The molecule has 0 unspecified atom stereocenters. The van der Waals surface area contributed by atoms with Gasteiger partial charge in [0.15, 0.2) is 0 Å². The van der Waals surface area contributed by atoms with Crippen molar-refractivity contribution in [3.05, 3.63) is 35.9 Å². The van der Waals surface area contributed by atoms with Gasteiger partial charge in [-0.05, 0) is 18.7 Å². The second-order valence-electron chi connectivity index (χ2n) is 3.42. The number of carboxylic acids is 1. The van der Waals surface area contributed by atoms with E-state index in [0.717, 1.165) is 17.8 Å². The maximum atomic E-state index is 11.0. The number of hydrogen-bond donors (Lipinski definition) is 2. The summed E-state index contributed by atoms with van der Waals surface area (Å²) in [6, 6.07) is 5.53. The molecule has 2 N–H and O–H groups in total. The van der Waals surface area contributed by atoms with Crippen LogP contribution in [0.5, 0.6) is 0 Å². The van der Waals surface area contributed by atoms with Crippen molar-refractivity contribution in [1.82, 2.24) is 14.7 Å². The first-order valence-corrected chi connectivity index (χ1v) is 5.14. The number of aromatic nitrogens is 2. The fourth-order valence-corrected chi connectivity index (χ4v) is 1.63. The van der Waals surface area contributed by atoms with Crippen LogP contribution in [0.25, 0.3) is 5.52 Å². The van der Waals surface area contributed by atoms with Gasteiger partial charge in [-0.1, -0.05) is 13.0 Å². The Hall–Kier alpha value is -1.88. The summed E-state index contributed by atoms with van der Waals surface area (Å²) in [5, 5.41) is 12.2. The summed E-state index contributed by atoms with van der Waals surface area (Å²) in [5.74, 6) is -0.951. The molecule has 0 atom stereocenters. The molecule has 16 heavy (non-hydrogen) atoms. The average Bonchev–Trinajstić information content (AvgIpc) is 2.65. The lowest BCUT2D eigenvalue weighted by Gasteiger charge is -1.98. The molecule has 0 fully saturated rings. The van der Waals surface area contributed by atoms with Crippen molar-refractivity contribution in [2.75, 3.05) is 6.54 Å². The maximum absolute atomic E-state index is 11.0. The molecule has 0 saturated heterocycles. The number of fused-ring (bicyclic) bond motifs is 1. The molecule has 84 valence electrons. The lowest BCUT2D eigenvalue weighted by Crippen LogP contribution is -2.12. The van der Waals surface area contributed by atoms with Gasteiger partial charge < -0.3 is 10.4 Å². The maximum Gasteiger partial charge on any atom is 0.372 e. The predicted molar refractivity (Wildman–Crippen MR) is 59.5 cm³/mol. The molecule has 0 aliphatic carbocycles. The molecule has 0 amide bonds. The van der Waals surface area contributed by atoms with E-state index in [2.05, 4.69) is 10.3 Å². The third-order valence-electron chi connectivity index (χ3n) is 2.36. The molecule has 0 bridgehead atoms. The smallest absolute Gasteiger partial charge is 0.372 e. The summed E-state index contributed by atoms with van der Waals surface area (Å²) in [6.07, 6.45) is 1.71. The monoisotopic (exact) mass is 219 g/mol. The van der Waals surface area contributed by atoms with Gasteiger partial charge in [0.05, 0.1) is 11.2 Å². The molecule has 0 aliphatic rings. The predicted octanol–water partition coefficient (Wildman–Crippen LogP) is 1.14. The standard InChI is InChI=1S/C11H13N3O2/c1-2-12-7-8-9-5-3-4-6-14(9)10(13-8)11(15)16/h3-6,12H,2,7H2,1H3,(H,15,16). The Labute approximate surface area is 92.7 Å². The van der Waals surface area contributed by atoms with Gasteiger partial charge in [0.25, 0.3) is 0 Å². The highest BCUT2D eigenvalue weighted by Crippen LogP contribution is 2.12. The fourth-order valence-electron chi connectivity index (χ4n) is 1.63. The molecule has 5 nitrogen and oxygen atoms in total. The zero-order valence-corrected chi connectivity index (χ0v) is 8.97. The van der Waals surface area contributed by atoms with Crippen LogP contribution in [0.15, 0.2) is 24.4 Å². The number of carbonyl (C=O) groups is 1. The summed E-state index contributed by atoms with van der Waals surface area (Å²) in [5.41, 5.74) is 1.60. The van der Waals surface area contributed by atoms with Gasteiger partial charge in [-0.3, -0.25) is 4.40 Å². The third-order valence-corrected chi connectivity index (χ3v) is 2.36. The number of carboxylic acid groups (broad SMARTS) is 1. The zero-order valence-electron chi connectivity index (χ0n) is 8.97. The normalized spacial score (nSPS) is 10.8. The zero-order chi connectivity index (χ0) is 11.5. The van der Waals surface area contributed by atoms with Crippen LogP contribution in [0.3, 0.4) is 0 Å². The highest BCUT2D eigenvalue weighted by Gasteiger charge is 2.15. The van der Waals surface area contributed by atoms with Crippen molar-refractivity contribution in [1.29, 1.82) is 0 Å². The first kappa shape index (κ1) is 10.6. The second-order valence-corrected chi connectivity index (χ2v) is 3.42. The van der Waals surface area contributed by atoms with Crippen molar-refractivity contribution in [2.24, 2.45) is 0 Å². The van der Waals surface area contributed by atoms with E-state index in [1.54, 1.807) is 16.7 Å². The van der Waals surface area contributed by atoms with E-state index < -0.39 is 5.97 Å². The lowest BCUT2D eigenvalue weighted by molar-refractivity contribution is 0.0682. The largest absolute Gasteiger partial charge is 0.475 e. The Bertz CT molecular complexity index is 519. The van der Waals surface area contributed by atoms with Gasteiger partial charge in [-0.2, -0.15) is 0 Å². The van der Waals surface area contributed by atoms with Crippen LogP contribution in [-0.2, 0) is 6.54 Å². The topological polar surface area (TPSA) is 66.6 Å². The van der Waals surface area contributed by atoms with Crippen molar-refractivity contribution in [3.63, 3.8) is 0 Å². The number of aromatic carboxylic acids is 1. The number of rotatable bonds is 4. The summed E-state index contributed by atoms with van der Waals surface area (Å²) in [4.78, 5) is 15.1. The minimum atomic E-state index is -1.01. The van der Waals surface area contributed by atoms with E-state index >= 15 is 0 Å². The molecule has 0 aromatic carbocycles. The van der Waals surface area contributed by atoms with Crippen LogP contribution in [0.2, 0.25) is 0 Å².